The minimum Gasteiger partial charge on any atom is -0.356 e. The zero-order chi connectivity index (χ0) is 19.6. The van der Waals surface area contributed by atoms with Crippen molar-refractivity contribution in [2.45, 2.75) is 32.9 Å². The molecule has 1 unspecified atom stereocenters. The fourth-order valence-electron chi connectivity index (χ4n) is 2.54. The van der Waals surface area contributed by atoms with Gasteiger partial charge in [0.25, 0.3) is 0 Å². The minimum atomic E-state index is -0.223. The van der Waals surface area contributed by atoms with Crippen molar-refractivity contribution < 1.29 is 9.18 Å². The van der Waals surface area contributed by atoms with E-state index in [0.717, 1.165) is 11.1 Å². The first-order valence-electron chi connectivity index (χ1n) is 9.03. The highest BCUT2D eigenvalue weighted by Gasteiger charge is 2.10. The van der Waals surface area contributed by atoms with E-state index >= 15 is 0 Å². The molecule has 2 aromatic carbocycles. The van der Waals surface area contributed by atoms with Crippen molar-refractivity contribution in [3.63, 3.8) is 0 Å². The number of halogens is 1. The summed E-state index contributed by atoms with van der Waals surface area (Å²) < 4.78 is 13.7. The summed E-state index contributed by atoms with van der Waals surface area (Å²) >= 11 is 0. The lowest BCUT2D eigenvalue weighted by atomic mass is 10.1. The van der Waals surface area contributed by atoms with Gasteiger partial charge in [0, 0.05) is 26.6 Å². The normalized spacial score (nSPS) is 12.4. The monoisotopic (exact) mass is 370 g/mol. The second kappa shape index (κ2) is 10.3. The van der Waals surface area contributed by atoms with Crippen LogP contribution in [-0.4, -0.2) is 25.5 Å². The van der Waals surface area contributed by atoms with Crippen LogP contribution in [0.5, 0.6) is 0 Å². The fourth-order valence-corrected chi connectivity index (χ4v) is 2.54. The van der Waals surface area contributed by atoms with Gasteiger partial charge in [0.1, 0.15) is 5.82 Å². The molecular formula is C21H27FN4O. The number of hydrogen-bond donors (Lipinski definition) is 3. The van der Waals surface area contributed by atoms with Crippen LogP contribution in [0, 0.1) is 12.7 Å². The molecule has 144 valence electrons. The lowest BCUT2D eigenvalue weighted by Gasteiger charge is -2.18. The van der Waals surface area contributed by atoms with E-state index in [0.29, 0.717) is 31.0 Å². The molecule has 6 heteroatoms. The van der Waals surface area contributed by atoms with E-state index in [-0.39, 0.29) is 17.8 Å². The number of hydrogen-bond acceptors (Lipinski definition) is 2. The highest BCUT2D eigenvalue weighted by molar-refractivity contribution is 5.81. The largest absolute Gasteiger partial charge is 0.356 e. The number of benzene rings is 2. The van der Waals surface area contributed by atoms with E-state index in [4.69, 9.17) is 0 Å². The number of carbonyl (C=O) groups excluding carboxylic acids is 1. The molecule has 0 fully saturated rings. The molecule has 0 bridgehead atoms. The van der Waals surface area contributed by atoms with E-state index in [9.17, 15) is 9.18 Å². The van der Waals surface area contributed by atoms with Crippen LogP contribution in [0.3, 0.4) is 0 Å². The van der Waals surface area contributed by atoms with Gasteiger partial charge in [0.05, 0.1) is 6.04 Å². The number of rotatable bonds is 7. The highest BCUT2D eigenvalue weighted by atomic mass is 19.1. The Morgan fingerprint density at radius 1 is 1.15 bits per heavy atom. The molecule has 0 aliphatic heterocycles. The predicted octanol–water partition coefficient (Wildman–Crippen LogP) is 3.07. The van der Waals surface area contributed by atoms with Gasteiger partial charge < -0.3 is 16.0 Å². The molecule has 3 N–H and O–H groups in total. The molecule has 5 nitrogen and oxygen atoms in total. The van der Waals surface area contributed by atoms with Gasteiger partial charge in [-0.05, 0) is 36.6 Å². The molecule has 0 aliphatic rings. The molecule has 2 rings (SSSR count). The third-order valence-corrected chi connectivity index (χ3v) is 4.25. The SMILES string of the molecule is CN=C(NCCC(=O)NCc1ccccc1)NC(C)c1ccc(C)c(F)c1. The van der Waals surface area contributed by atoms with Crippen LogP contribution in [0.15, 0.2) is 53.5 Å². The van der Waals surface area contributed by atoms with E-state index in [1.807, 2.05) is 43.3 Å². The topological polar surface area (TPSA) is 65.5 Å². The Bertz CT molecular complexity index is 777. The molecule has 0 aliphatic carbocycles. The maximum atomic E-state index is 13.7. The molecule has 1 amide bonds. The summed E-state index contributed by atoms with van der Waals surface area (Å²) in [5.41, 5.74) is 2.52. The van der Waals surface area contributed by atoms with Gasteiger partial charge in [0.15, 0.2) is 5.96 Å². The Balaban J connectivity index is 1.74. The smallest absolute Gasteiger partial charge is 0.222 e. The van der Waals surface area contributed by atoms with Gasteiger partial charge in [-0.1, -0.05) is 42.5 Å². The van der Waals surface area contributed by atoms with Crippen molar-refractivity contribution in [2.24, 2.45) is 4.99 Å². The number of guanidine groups is 1. The summed E-state index contributed by atoms with van der Waals surface area (Å²) in [6, 6.07) is 14.8. The van der Waals surface area contributed by atoms with Crippen molar-refractivity contribution in [3.05, 3.63) is 71.0 Å². The molecule has 0 spiro atoms. The molecule has 0 radical (unpaired) electrons. The van der Waals surface area contributed by atoms with Crippen molar-refractivity contribution in [2.75, 3.05) is 13.6 Å². The summed E-state index contributed by atoms with van der Waals surface area (Å²) in [7, 11) is 1.66. The first-order chi connectivity index (χ1) is 13.0. The standard InChI is InChI=1S/C21H27FN4O/c1-15-9-10-18(13-19(15)22)16(2)26-21(23-3)24-12-11-20(27)25-14-17-7-5-4-6-8-17/h4-10,13,16H,11-12,14H2,1-3H3,(H,25,27)(H2,23,24,26). The van der Waals surface area contributed by atoms with Crippen LogP contribution in [-0.2, 0) is 11.3 Å². The van der Waals surface area contributed by atoms with Gasteiger partial charge in [-0.25, -0.2) is 4.39 Å². The summed E-state index contributed by atoms with van der Waals surface area (Å²) in [6.45, 7) is 4.64. The van der Waals surface area contributed by atoms with Gasteiger partial charge in [-0.2, -0.15) is 0 Å². The zero-order valence-electron chi connectivity index (χ0n) is 16.1. The highest BCUT2D eigenvalue weighted by Crippen LogP contribution is 2.16. The van der Waals surface area contributed by atoms with Crippen LogP contribution in [0.2, 0.25) is 0 Å². The Kier molecular flexibility index (Phi) is 7.79. The maximum Gasteiger partial charge on any atom is 0.222 e. The second-order valence-corrected chi connectivity index (χ2v) is 6.39. The van der Waals surface area contributed by atoms with E-state index < -0.39 is 0 Å². The molecule has 0 saturated carbocycles. The van der Waals surface area contributed by atoms with Gasteiger partial charge >= 0.3 is 0 Å². The quantitative estimate of drug-likeness (QED) is 0.518. The van der Waals surface area contributed by atoms with Gasteiger partial charge in [0.2, 0.25) is 5.91 Å². The van der Waals surface area contributed by atoms with Gasteiger partial charge in [-0.15, -0.1) is 0 Å². The fraction of sp³-hybridized carbons (Fsp3) is 0.333. The number of nitrogens with zero attached hydrogens (tertiary/aromatic N) is 1. The third kappa shape index (κ3) is 6.73. The van der Waals surface area contributed by atoms with Crippen LogP contribution in [0.1, 0.15) is 36.1 Å². The summed E-state index contributed by atoms with van der Waals surface area (Å²) in [4.78, 5) is 16.1. The number of aliphatic imine (C=N–C) groups is 1. The number of carbonyl (C=O) groups is 1. The summed E-state index contributed by atoms with van der Waals surface area (Å²) in [5.74, 6) is 0.314. The number of amides is 1. The zero-order valence-corrected chi connectivity index (χ0v) is 16.1. The Morgan fingerprint density at radius 3 is 2.56 bits per heavy atom. The predicted molar refractivity (Wildman–Crippen MR) is 107 cm³/mol. The van der Waals surface area contributed by atoms with E-state index in [1.165, 1.54) is 6.07 Å². The first-order valence-corrected chi connectivity index (χ1v) is 9.03. The maximum absolute atomic E-state index is 13.7. The van der Waals surface area contributed by atoms with Crippen molar-refractivity contribution >= 4 is 11.9 Å². The molecule has 0 saturated heterocycles. The van der Waals surface area contributed by atoms with Crippen molar-refractivity contribution in [1.82, 2.24) is 16.0 Å². The number of aryl methyl sites for hydroxylation is 1. The molecule has 2 aromatic rings. The molecule has 0 heterocycles. The van der Waals surface area contributed by atoms with Crippen LogP contribution in [0.25, 0.3) is 0 Å². The van der Waals surface area contributed by atoms with E-state index in [2.05, 4.69) is 20.9 Å². The van der Waals surface area contributed by atoms with Crippen molar-refractivity contribution in [1.29, 1.82) is 0 Å². The minimum absolute atomic E-state index is 0.0320. The van der Waals surface area contributed by atoms with Gasteiger partial charge in [-0.3, -0.25) is 9.79 Å². The number of nitrogens with one attached hydrogen (secondary N) is 3. The average Bonchev–Trinajstić information content (AvgIpc) is 2.68. The Labute approximate surface area is 160 Å². The summed E-state index contributed by atoms with van der Waals surface area (Å²) in [6.07, 6.45) is 0.334. The lowest BCUT2D eigenvalue weighted by molar-refractivity contribution is -0.121. The lowest BCUT2D eigenvalue weighted by Crippen LogP contribution is -2.40. The Morgan fingerprint density at radius 2 is 1.89 bits per heavy atom. The van der Waals surface area contributed by atoms with Crippen LogP contribution < -0.4 is 16.0 Å². The van der Waals surface area contributed by atoms with Crippen LogP contribution in [0.4, 0.5) is 4.39 Å². The van der Waals surface area contributed by atoms with E-state index in [1.54, 1.807) is 20.0 Å². The van der Waals surface area contributed by atoms with Crippen LogP contribution >= 0.6 is 0 Å². The molecule has 1 atom stereocenters. The average molecular weight is 370 g/mol. The third-order valence-electron chi connectivity index (χ3n) is 4.25. The first kappa shape index (κ1) is 20.4. The Hall–Kier alpha value is -2.89. The molecule has 27 heavy (non-hydrogen) atoms. The van der Waals surface area contributed by atoms with Crippen molar-refractivity contribution in [3.8, 4) is 0 Å². The molecular weight excluding hydrogens is 343 g/mol. The summed E-state index contributed by atoms with van der Waals surface area (Å²) in [5, 5.41) is 9.20. The second-order valence-electron chi connectivity index (χ2n) is 6.39. The molecule has 0 aromatic heterocycles.